The highest BCUT2D eigenvalue weighted by Gasteiger charge is 2.37. The number of nitrogens with zero attached hydrogens (tertiary/aromatic N) is 1. The quantitative estimate of drug-likeness (QED) is 0.795. The maximum atomic E-state index is 12.5. The van der Waals surface area contributed by atoms with E-state index in [0.29, 0.717) is 16.8 Å². The maximum Gasteiger partial charge on any atom is 0.266 e. The predicted molar refractivity (Wildman–Crippen MR) is 80.1 cm³/mol. The van der Waals surface area contributed by atoms with Crippen LogP contribution in [0.1, 0.15) is 31.8 Å². The molecule has 0 unspecified atom stereocenters. The van der Waals surface area contributed by atoms with Gasteiger partial charge >= 0.3 is 0 Å². The van der Waals surface area contributed by atoms with Gasteiger partial charge in [0, 0.05) is 0 Å². The van der Waals surface area contributed by atoms with Crippen molar-refractivity contribution in [3.63, 3.8) is 0 Å². The number of amides is 2. The van der Waals surface area contributed by atoms with Crippen LogP contribution in [0.5, 0.6) is 5.75 Å². The van der Waals surface area contributed by atoms with Gasteiger partial charge in [0.1, 0.15) is 5.75 Å². The summed E-state index contributed by atoms with van der Waals surface area (Å²) in [5, 5.41) is 0. The molecular formula is C17H15NO3. The third-order valence-corrected chi connectivity index (χ3v) is 3.96. The number of imide groups is 1. The van der Waals surface area contributed by atoms with Gasteiger partial charge in [-0.3, -0.25) is 9.59 Å². The highest BCUT2D eigenvalue weighted by atomic mass is 16.5. The average Bonchev–Trinajstić information content (AvgIpc) is 2.75. The molecule has 4 nitrogen and oxygen atoms in total. The first-order valence-corrected chi connectivity index (χ1v) is 6.68. The molecule has 0 aliphatic carbocycles. The zero-order chi connectivity index (χ0) is 15.1. The number of fused-ring (bicyclic) bond motifs is 1. The first-order valence-electron chi connectivity index (χ1n) is 6.68. The Hall–Kier alpha value is -2.62. The number of anilines is 1. The summed E-state index contributed by atoms with van der Waals surface area (Å²) in [4.78, 5) is 26.2. The van der Waals surface area contributed by atoms with Crippen LogP contribution in [0.2, 0.25) is 0 Å². The summed E-state index contributed by atoms with van der Waals surface area (Å²) in [7, 11) is 1.60. The Labute approximate surface area is 123 Å². The fraction of sp³-hybridized carbons (Fsp3) is 0.176. The van der Waals surface area contributed by atoms with E-state index in [1.165, 1.54) is 4.90 Å². The summed E-state index contributed by atoms with van der Waals surface area (Å²) in [5.41, 5.74) is 3.31. The van der Waals surface area contributed by atoms with E-state index in [2.05, 4.69) is 0 Å². The van der Waals surface area contributed by atoms with Crippen LogP contribution in [-0.2, 0) is 0 Å². The van der Waals surface area contributed by atoms with E-state index in [4.69, 9.17) is 4.74 Å². The Morgan fingerprint density at radius 3 is 1.95 bits per heavy atom. The summed E-state index contributed by atoms with van der Waals surface area (Å²) in [6.45, 7) is 3.80. The van der Waals surface area contributed by atoms with Crippen molar-refractivity contribution in [2.24, 2.45) is 0 Å². The molecule has 0 spiro atoms. The fourth-order valence-corrected chi connectivity index (χ4v) is 2.65. The Morgan fingerprint density at radius 1 is 0.857 bits per heavy atom. The lowest BCUT2D eigenvalue weighted by Crippen LogP contribution is -2.30. The van der Waals surface area contributed by atoms with Crippen molar-refractivity contribution in [1.82, 2.24) is 0 Å². The summed E-state index contributed by atoms with van der Waals surface area (Å²) in [5.74, 6) is 0.194. The molecule has 0 fully saturated rings. The normalized spacial score (nSPS) is 13.6. The van der Waals surface area contributed by atoms with Crippen LogP contribution in [0, 0.1) is 13.8 Å². The smallest absolute Gasteiger partial charge is 0.266 e. The van der Waals surface area contributed by atoms with Gasteiger partial charge in [0.15, 0.2) is 0 Å². The lowest BCUT2D eigenvalue weighted by atomic mass is 10.1. The standard InChI is InChI=1S/C17H15NO3/c1-10-11(2)15(21-3)9-8-14(10)18-16(19)12-6-4-5-7-13(12)17(18)20/h4-9H,1-3H3. The Bertz CT molecular complexity index is 730. The monoisotopic (exact) mass is 281 g/mol. The van der Waals surface area contributed by atoms with Crippen LogP contribution < -0.4 is 9.64 Å². The minimum absolute atomic E-state index is 0.275. The molecule has 3 rings (SSSR count). The molecule has 0 saturated heterocycles. The third kappa shape index (κ3) is 1.83. The molecule has 0 atom stereocenters. The molecule has 106 valence electrons. The van der Waals surface area contributed by atoms with Crippen molar-refractivity contribution in [2.75, 3.05) is 12.0 Å². The van der Waals surface area contributed by atoms with Crippen molar-refractivity contribution in [3.05, 3.63) is 58.7 Å². The molecule has 0 bridgehead atoms. The Morgan fingerprint density at radius 2 is 1.43 bits per heavy atom. The lowest BCUT2D eigenvalue weighted by Gasteiger charge is -2.19. The van der Waals surface area contributed by atoms with Gasteiger partial charge in [0.25, 0.3) is 11.8 Å². The largest absolute Gasteiger partial charge is 0.496 e. The van der Waals surface area contributed by atoms with Gasteiger partial charge in [-0.2, -0.15) is 0 Å². The third-order valence-electron chi connectivity index (χ3n) is 3.96. The second-order valence-electron chi connectivity index (χ2n) is 5.03. The molecular weight excluding hydrogens is 266 g/mol. The van der Waals surface area contributed by atoms with E-state index in [1.54, 1.807) is 43.5 Å². The van der Waals surface area contributed by atoms with Crippen LogP contribution >= 0.6 is 0 Å². The van der Waals surface area contributed by atoms with E-state index in [0.717, 1.165) is 16.9 Å². The van der Waals surface area contributed by atoms with E-state index in [9.17, 15) is 9.59 Å². The van der Waals surface area contributed by atoms with Gasteiger partial charge in [0.05, 0.1) is 23.9 Å². The van der Waals surface area contributed by atoms with Crippen LogP contribution in [0.25, 0.3) is 0 Å². The van der Waals surface area contributed by atoms with Gasteiger partial charge < -0.3 is 4.74 Å². The summed E-state index contributed by atoms with van der Waals surface area (Å²) < 4.78 is 5.27. The molecule has 2 aromatic carbocycles. The highest BCUT2D eigenvalue weighted by molar-refractivity contribution is 6.34. The van der Waals surface area contributed by atoms with Crippen molar-refractivity contribution in [3.8, 4) is 5.75 Å². The molecule has 21 heavy (non-hydrogen) atoms. The first-order chi connectivity index (χ1) is 10.1. The first kappa shape index (κ1) is 13.4. The summed E-state index contributed by atoms with van der Waals surface area (Å²) in [6.07, 6.45) is 0. The predicted octanol–water partition coefficient (Wildman–Crippen LogP) is 3.11. The van der Waals surface area contributed by atoms with E-state index in [1.807, 2.05) is 13.8 Å². The van der Waals surface area contributed by atoms with E-state index >= 15 is 0 Å². The number of carbonyl (C=O) groups is 2. The molecule has 0 N–H and O–H groups in total. The van der Waals surface area contributed by atoms with E-state index in [-0.39, 0.29) is 11.8 Å². The van der Waals surface area contributed by atoms with Crippen molar-refractivity contribution < 1.29 is 14.3 Å². The second kappa shape index (κ2) is 4.74. The molecule has 2 aromatic rings. The number of hydrogen-bond donors (Lipinski definition) is 0. The lowest BCUT2D eigenvalue weighted by molar-refractivity contribution is 0.0926. The fourth-order valence-electron chi connectivity index (χ4n) is 2.65. The highest BCUT2D eigenvalue weighted by Crippen LogP contribution is 2.34. The van der Waals surface area contributed by atoms with Gasteiger partial charge in [-0.15, -0.1) is 0 Å². The zero-order valence-corrected chi connectivity index (χ0v) is 12.1. The number of benzene rings is 2. The maximum absolute atomic E-state index is 12.5. The Kier molecular flexibility index (Phi) is 3.01. The number of rotatable bonds is 2. The van der Waals surface area contributed by atoms with Crippen LogP contribution in [0.15, 0.2) is 36.4 Å². The summed E-state index contributed by atoms with van der Waals surface area (Å²) >= 11 is 0. The molecule has 1 heterocycles. The van der Waals surface area contributed by atoms with Gasteiger partial charge in [-0.1, -0.05) is 12.1 Å². The Balaban J connectivity index is 2.14. The van der Waals surface area contributed by atoms with Crippen molar-refractivity contribution in [2.45, 2.75) is 13.8 Å². The van der Waals surface area contributed by atoms with Gasteiger partial charge in [-0.05, 0) is 49.2 Å². The second-order valence-corrected chi connectivity index (χ2v) is 5.03. The number of methoxy groups -OCH3 is 1. The molecule has 0 aromatic heterocycles. The van der Waals surface area contributed by atoms with Crippen molar-refractivity contribution >= 4 is 17.5 Å². The molecule has 0 radical (unpaired) electrons. The molecule has 1 aliphatic heterocycles. The zero-order valence-electron chi connectivity index (χ0n) is 12.1. The van der Waals surface area contributed by atoms with Crippen LogP contribution in [0.3, 0.4) is 0 Å². The van der Waals surface area contributed by atoms with Gasteiger partial charge in [0.2, 0.25) is 0 Å². The van der Waals surface area contributed by atoms with Crippen LogP contribution in [0.4, 0.5) is 5.69 Å². The molecule has 1 aliphatic rings. The molecule has 2 amide bonds. The molecule has 4 heteroatoms. The topological polar surface area (TPSA) is 46.6 Å². The minimum atomic E-state index is -0.275. The van der Waals surface area contributed by atoms with Crippen LogP contribution in [-0.4, -0.2) is 18.9 Å². The van der Waals surface area contributed by atoms with Crippen molar-refractivity contribution in [1.29, 1.82) is 0 Å². The minimum Gasteiger partial charge on any atom is -0.496 e. The SMILES string of the molecule is COc1ccc(N2C(=O)c3ccccc3C2=O)c(C)c1C. The molecule has 0 saturated carbocycles. The number of ether oxygens (including phenoxy) is 1. The average molecular weight is 281 g/mol. The van der Waals surface area contributed by atoms with E-state index < -0.39 is 0 Å². The number of hydrogen-bond acceptors (Lipinski definition) is 3. The summed E-state index contributed by atoms with van der Waals surface area (Å²) in [6, 6.07) is 10.4. The number of carbonyl (C=O) groups excluding carboxylic acids is 2. The van der Waals surface area contributed by atoms with Gasteiger partial charge in [-0.25, -0.2) is 4.90 Å².